The highest BCUT2D eigenvalue weighted by Crippen LogP contribution is 2.68. The second-order valence-corrected chi connectivity index (χ2v) is 12.0. The number of fused-ring (bicyclic) bond motifs is 5. The molecule has 0 radical (unpaired) electrons. The maximum atomic E-state index is 12.2. The predicted octanol–water partition coefficient (Wildman–Crippen LogP) is 6.19. The molecule has 0 aromatic carbocycles. The third-order valence-electron chi connectivity index (χ3n) is 10.7. The number of ketones is 1. The normalized spacial score (nSPS) is 49.1. The Labute approximate surface area is 188 Å². The first-order valence-electron chi connectivity index (χ1n) is 12.7. The van der Waals surface area contributed by atoms with Gasteiger partial charge in [-0.3, -0.25) is 9.79 Å². The van der Waals surface area contributed by atoms with Gasteiger partial charge in [0.1, 0.15) is 11.3 Å². The molecule has 1 aliphatic heterocycles. The Kier molecular flexibility index (Phi) is 5.35. The van der Waals surface area contributed by atoms with Gasteiger partial charge in [-0.1, -0.05) is 31.6 Å². The summed E-state index contributed by atoms with van der Waals surface area (Å²) in [6.07, 6.45) is 19.3. The van der Waals surface area contributed by atoms with Crippen LogP contribution in [0.15, 0.2) is 28.8 Å². The Balaban J connectivity index is 1.46. The molecule has 0 saturated heterocycles. The van der Waals surface area contributed by atoms with Crippen molar-refractivity contribution in [2.75, 3.05) is 13.7 Å². The average molecular weight is 424 g/mol. The lowest BCUT2D eigenvalue weighted by atomic mass is 9.44. The molecule has 0 aromatic rings. The topological polar surface area (TPSA) is 38.7 Å². The minimum Gasteiger partial charge on any atom is -0.382 e. The van der Waals surface area contributed by atoms with E-state index in [0.29, 0.717) is 35.1 Å². The standard InChI is InChI=1S/C28H41NO2/c1-19-6-5-15-29-28(17-19,18-31-4)25-10-9-23-22-8-7-20-16-21(30)11-13-26(20,2)24(22)12-14-27(23,25)3/h5-6,15,17,20,22-25H,7-14,16,18H2,1-4H3/t20?,22-,23-,24-,25?,26-,27-,28?/m0/s1. The van der Waals surface area contributed by atoms with Crippen molar-refractivity contribution in [3.63, 3.8) is 0 Å². The minimum absolute atomic E-state index is 0.239. The molecule has 4 aliphatic carbocycles. The first-order chi connectivity index (χ1) is 14.8. The first-order valence-corrected chi connectivity index (χ1v) is 12.7. The van der Waals surface area contributed by atoms with Crippen LogP contribution in [0.1, 0.15) is 78.6 Å². The third-order valence-corrected chi connectivity index (χ3v) is 10.7. The van der Waals surface area contributed by atoms with Crippen molar-refractivity contribution in [1.82, 2.24) is 0 Å². The molecule has 5 aliphatic rings. The SMILES string of the molecule is COCC1(C2CC[C@H]3[C@@H]4CCC5CC(=O)CC[C@]5(C)[C@H]4CC[C@]23C)C=C(C)C=CC=N1. The number of Topliss-reactive ketones (excluding diaryl/α,β-unsaturated/α-hetero) is 1. The van der Waals surface area contributed by atoms with Crippen molar-refractivity contribution in [3.8, 4) is 0 Å². The predicted molar refractivity (Wildman–Crippen MR) is 126 cm³/mol. The fraction of sp³-hybridized carbons (Fsp3) is 0.786. The highest BCUT2D eigenvalue weighted by atomic mass is 16.5. The molecule has 3 unspecified atom stereocenters. The number of carbonyl (C=O) groups is 1. The van der Waals surface area contributed by atoms with Gasteiger partial charge >= 0.3 is 0 Å². The summed E-state index contributed by atoms with van der Waals surface area (Å²) in [6, 6.07) is 0. The smallest absolute Gasteiger partial charge is 0.133 e. The third kappa shape index (κ3) is 3.24. The number of hydrogen-bond acceptors (Lipinski definition) is 3. The molecule has 31 heavy (non-hydrogen) atoms. The summed E-state index contributed by atoms with van der Waals surface area (Å²) >= 11 is 0. The fourth-order valence-corrected chi connectivity index (χ4v) is 9.32. The molecule has 3 nitrogen and oxygen atoms in total. The molecular formula is C28H41NO2. The van der Waals surface area contributed by atoms with E-state index in [0.717, 1.165) is 37.0 Å². The van der Waals surface area contributed by atoms with Gasteiger partial charge in [0, 0.05) is 26.2 Å². The van der Waals surface area contributed by atoms with E-state index >= 15 is 0 Å². The van der Waals surface area contributed by atoms with Gasteiger partial charge in [-0.15, -0.1) is 0 Å². The van der Waals surface area contributed by atoms with Crippen molar-refractivity contribution in [1.29, 1.82) is 0 Å². The summed E-state index contributed by atoms with van der Waals surface area (Å²) in [4.78, 5) is 17.3. The Bertz CT molecular complexity index is 827. The fourth-order valence-electron chi connectivity index (χ4n) is 9.32. The molecule has 1 heterocycles. The average Bonchev–Trinajstić information content (AvgIpc) is 2.98. The molecule has 4 saturated carbocycles. The number of nitrogens with zero attached hydrogens (tertiary/aromatic N) is 1. The summed E-state index contributed by atoms with van der Waals surface area (Å²) in [5.41, 5.74) is 1.78. The van der Waals surface area contributed by atoms with Gasteiger partial charge in [-0.25, -0.2) is 0 Å². The Morgan fingerprint density at radius 3 is 2.68 bits per heavy atom. The van der Waals surface area contributed by atoms with Gasteiger partial charge in [-0.2, -0.15) is 0 Å². The lowest BCUT2D eigenvalue weighted by Gasteiger charge is -2.61. The molecule has 0 aromatic heterocycles. The second kappa shape index (κ2) is 7.68. The summed E-state index contributed by atoms with van der Waals surface area (Å²) in [6.45, 7) is 8.02. The van der Waals surface area contributed by atoms with Crippen LogP contribution in [0.2, 0.25) is 0 Å². The van der Waals surface area contributed by atoms with Crippen LogP contribution in [0.3, 0.4) is 0 Å². The van der Waals surface area contributed by atoms with Gasteiger partial charge in [-0.05, 0) is 98.4 Å². The summed E-state index contributed by atoms with van der Waals surface area (Å²) in [5, 5.41) is 0. The van der Waals surface area contributed by atoms with Crippen molar-refractivity contribution in [2.45, 2.75) is 84.1 Å². The van der Waals surface area contributed by atoms with Crippen molar-refractivity contribution < 1.29 is 9.53 Å². The molecule has 5 rings (SSSR count). The van der Waals surface area contributed by atoms with Crippen molar-refractivity contribution in [2.24, 2.45) is 45.4 Å². The number of carbonyl (C=O) groups excluding carboxylic acids is 1. The molecule has 3 heteroatoms. The van der Waals surface area contributed by atoms with Crippen LogP contribution in [0.4, 0.5) is 0 Å². The van der Waals surface area contributed by atoms with Crippen LogP contribution in [0.25, 0.3) is 0 Å². The van der Waals surface area contributed by atoms with E-state index in [1.165, 1.54) is 44.1 Å². The Morgan fingerprint density at radius 2 is 1.87 bits per heavy atom. The van der Waals surface area contributed by atoms with Crippen LogP contribution >= 0.6 is 0 Å². The van der Waals surface area contributed by atoms with Crippen molar-refractivity contribution in [3.05, 3.63) is 23.8 Å². The quantitative estimate of drug-likeness (QED) is 0.543. The van der Waals surface area contributed by atoms with Gasteiger partial charge in [0.05, 0.1) is 6.61 Å². The lowest BCUT2D eigenvalue weighted by molar-refractivity contribution is -0.140. The first kappa shape index (κ1) is 21.6. The van der Waals surface area contributed by atoms with Crippen LogP contribution < -0.4 is 0 Å². The van der Waals surface area contributed by atoms with E-state index in [-0.39, 0.29) is 5.54 Å². The number of methoxy groups -OCH3 is 1. The zero-order valence-corrected chi connectivity index (χ0v) is 20.0. The van der Waals surface area contributed by atoms with E-state index in [1.807, 2.05) is 13.3 Å². The van der Waals surface area contributed by atoms with Gasteiger partial charge in [0.2, 0.25) is 0 Å². The lowest BCUT2D eigenvalue weighted by Crippen LogP contribution is -2.55. The van der Waals surface area contributed by atoms with E-state index < -0.39 is 0 Å². The van der Waals surface area contributed by atoms with Crippen molar-refractivity contribution >= 4 is 12.0 Å². The van der Waals surface area contributed by atoms with E-state index in [2.05, 4.69) is 39.0 Å². The molecule has 0 bridgehead atoms. The van der Waals surface area contributed by atoms with E-state index in [4.69, 9.17) is 9.73 Å². The van der Waals surface area contributed by atoms with Crippen LogP contribution in [-0.4, -0.2) is 31.3 Å². The Hall–Kier alpha value is -1.22. The maximum absolute atomic E-state index is 12.2. The van der Waals surface area contributed by atoms with Gasteiger partial charge < -0.3 is 4.74 Å². The molecule has 4 fully saturated rings. The molecule has 0 N–H and O–H groups in total. The van der Waals surface area contributed by atoms with Crippen LogP contribution in [0, 0.1) is 40.4 Å². The molecule has 170 valence electrons. The van der Waals surface area contributed by atoms with E-state index in [9.17, 15) is 4.79 Å². The largest absolute Gasteiger partial charge is 0.382 e. The summed E-state index contributed by atoms with van der Waals surface area (Å²) in [7, 11) is 1.83. The van der Waals surface area contributed by atoms with Crippen LogP contribution in [-0.2, 0) is 9.53 Å². The van der Waals surface area contributed by atoms with Gasteiger partial charge in [0.15, 0.2) is 0 Å². The number of aliphatic imine (C=N–C) groups is 1. The molecular weight excluding hydrogens is 382 g/mol. The maximum Gasteiger partial charge on any atom is 0.133 e. The highest BCUT2D eigenvalue weighted by Gasteiger charge is 2.63. The minimum atomic E-state index is -0.239. The molecule has 0 spiro atoms. The monoisotopic (exact) mass is 423 g/mol. The van der Waals surface area contributed by atoms with Crippen LogP contribution in [0.5, 0.6) is 0 Å². The summed E-state index contributed by atoms with van der Waals surface area (Å²) < 4.78 is 5.81. The highest BCUT2D eigenvalue weighted by molar-refractivity contribution is 5.79. The number of ether oxygens (including phenoxy) is 1. The summed E-state index contributed by atoms with van der Waals surface area (Å²) in [5.74, 6) is 4.13. The zero-order valence-electron chi connectivity index (χ0n) is 20.0. The van der Waals surface area contributed by atoms with Gasteiger partial charge in [0.25, 0.3) is 0 Å². The zero-order chi connectivity index (χ0) is 21.9. The number of allylic oxidation sites excluding steroid dienone is 3. The number of rotatable bonds is 3. The number of hydrogen-bond donors (Lipinski definition) is 0. The molecule has 0 amide bonds. The molecule has 8 atom stereocenters. The Morgan fingerprint density at radius 1 is 1.06 bits per heavy atom. The van der Waals surface area contributed by atoms with E-state index in [1.54, 1.807) is 0 Å². The second-order valence-electron chi connectivity index (χ2n) is 12.0.